The quantitative estimate of drug-likeness (QED) is 0.642. The molecule has 2 aliphatic heterocycles. The van der Waals surface area contributed by atoms with Crippen LogP contribution in [0, 0.1) is 6.92 Å². The minimum atomic E-state index is -0.219. The number of aryl methyl sites for hydroxylation is 1. The first-order valence-corrected chi connectivity index (χ1v) is 10.6. The Labute approximate surface area is 167 Å². The van der Waals surface area contributed by atoms with Crippen LogP contribution in [-0.4, -0.2) is 69.2 Å². The lowest BCUT2D eigenvalue weighted by molar-refractivity contribution is -0.883. The third kappa shape index (κ3) is 2.80. The van der Waals surface area contributed by atoms with Gasteiger partial charge in [0.25, 0.3) is 5.91 Å². The highest BCUT2D eigenvalue weighted by molar-refractivity contribution is 7.19. The van der Waals surface area contributed by atoms with Gasteiger partial charge in [0, 0.05) is 11.3 Å². The monoisotopic (exact) mass is 401 g/mol. The van der Waals surface area contributed by atoms with E-state index in [1.165, 1.54) is 15.3 Å². The average Bonchev–Trinajstić information content (AvgIpc) is 3.22. The molecule has 3 aromatic heterocycles. The number of aromatic nitrogens is 4. The number of nitrogens with zero attached hydrogens (tertiary/aromatic N) is 5. The summed E-state index contributed by atoms with van der Waals surface area (Å²) in [5.74, 6) is 0.926. The zero-order valence-corrected chi connectivity index (χ0v) is 17.5. The Hall–Kier alpha value is -2.10. The van der Waals surface area contributed by atoms with Crippen molar-refractivity contribution in [1.29, 1.82) is 0 Å². The predicted octanol–water partition coefficient (Wildman–Crippen LogP) is 0.469. The number of nitrogens with one attached hydrogen (secondary N) is 1. The van der Waals surface area contributed by atoms with Crippen LogP contribution < -0.4 is 4.90 Å². The fraction of sp³-hybridized carbons (Fsp3) is 0.579. The second kappa shape index (κ2) is 6.20. The fourth-order valence-corrected chi connectivity index (χ4v) is 5.21. The summed E-state index contributed by atoms with van der Waals surface area (Å²) < 4.78 is 7.70. The molecule has 9 heteroatoms. The number of thiophene rings is 1. The summed E-state index contributed by atoms with van der Waals surface area (Å²) in [6, 6.07) is 0. The van der Waals surface area contributed by atoms with Crippen LogP contribution in [0.15, 0.2) is 0 Å². The van der Waals surface area contributed by atoms with Gasteiger partial charge < -0.3 is 14.5 Å². The van der Waals surface area contributed by atoms with E-state index in [2.05, 4.69) is 26.0 Å². The van der Waals surface area contributed by atoms with E-state index in [9.17, 15) is 4.79 Å². The van der Waals surface area contributed by atoms with Crippen molar-refractivity contribution in [3.8, 4) is 0 Å². The Morgan fingerprint density at radius 1 is 1.25 bits per heavy atom. The van der Waals surface area contributed by atoms with E-state index in [4.69, 9.17) is 14.7 Å². The number of carbonyl (C=O) groups is 1. The lowest BCUT2D eigenvalue weighted by Gasteiger charge is -2.30. The molecular weight excluding hydrogens is 376 g/mol. The van der Waals surface area contributed by atoms with Gasteiger partial charge in [-0.1, -0.05) is 0 Å². The van der Waals surface area contributed by atoms with Gasteiger partial charge in [0.2, 0.25) is 5.82 Å². The van der Waals surface area contributed by atoms with Crippen LogP contribution in [0.5, 0.6) is 0 Å². The van der Waals surface area contributed by atoms with Gasteiger partial charge in [0.1, 0.15) is 10.7 Å². The van der Waals surface area contributed by atoms with E-state index >= 15 is 0 Å². The Kier molecular flexibility index (Phi) is 3.98. The lowest BCUT2D eigenvalue weighted by atomic mass is 9.94. The largest absolute Gasteiger partial charge is 0.370 e. The van der Waals surface area contributed by atoms with Gasteiger partial charge in [0.05, 0.1) is 50.8 Å². The highest BCUT2D eigenvalue weighted by Gasteiger charge is 2.32. The van der Waals surface area contributed by atoms with Crippen molar-refractivity contribution in [2.45, 2.75) is 39.4 Å². The van der Waals surface area contributed by atoms with Gasteiger partial charge >= 0.3 is 0 Å². The van der Waals surface area contributed by atoms with Crippen molar-refractivity contribution in [3.05, 3.63) is 22.1 Å². The summed E-state index contributed by atoms with van der Waals surface area (Å²) in [5, 5.41) is 5.56. The van der Waals surface area contributed by atoms with Crippen molar-refractivity contribution in [2.24, 2.45) is 0 Å². The molecule has 8 nitrogen and oxygen atoms in total. The third-order valence-corrected chi connectivity index (χ3v) is 6.86. The smallest absolute Gasteiger partial charge is 0.293 e. The molecule has 5 heterocycles. The summed E-state index contributed by atoms with van der Waals surface area (Å²) in [6.45, 7) is 10.1. The number of hydrogen-bond acceptors (Lipinski definition) is 6. The van der Waals surface area contributed by atoms with Crippen LogP contribution in [0.1, 0.15) is 40.7 Å². The second-order valence-electron chi connectivity index (χ2n) is 8.49. The van der Waals surface area contributed by atoms with Crippen molar-refractivity contribution < 1.29 is 14.4 Å². The fourth-order valence-electron chi connectivity index (χ4n) is 4.07. The topological polar surface area (TPSA) is 77.1 Å². The molecule has 0 atom stereocenters. The SMILES string of the molecule is Cc1nc2sc3c(c2c2nc(C(=O)N4CC[NH+](C)CC4)nn12)CC(C)(C)OC3. The van der Waals surface area contributed by atoms with Crippen molar-refractivity contribution >= 4 is 33.1 Å². The first kappa shape index (κ1) is 18.0. The molecule has 2 aliphatic rings. The molecule has 0 spiro atoms. The average molecular weight is 402 g/mol. The van der Waals surface area contributed by atoms with Crippen molar-refractivity contribution in [2.75, 3.05) is 33.2 Å². The van der Waals surface area contributed by atoms with Crippen LogP contribution in [0.4, 0.5) is 0 Å². The van der Waals surface area contributed by atoms with E-state index in [-0.39, 0.29) is 17.3 Å². The molecule has 1 N–H and O–H groups in total. The Bertz CT molecular complexity index is 1090. The number of likely N-dealkylation sites (N-methyl/N-ethyl adjacent to an activating group) is 1. The lowest BCUT2D eigenvalue weighted by Crippen LogP contribution is -3.12. The Balaban J connectivity index is 1.63. The van der Waals surface area contributed by atoms with Gasteiger partial charge in [-0.2, -0.15) is 4.52 Å². The third-order valence-electron chi connectivity index (χ3n) is 5.76. The molecule has 0 saturated carbocycles. The maximum absolute atomic E-state index is 13.0. The summed E-state index contributed by atoms with van der Waals surface area (Å²) in [7, 11) is 2.15. The van der Waals surface area contributed by atoms with Gasteiger partial charge in [-0.15, -0.1) is 16.4 Å². The minimum Gasteiger partial charge on any atom is -0.370 e. The number of ether oxygens (including phenoxy) is 1. The second-order valence-corrected chi connectivity index (χ2v) is 9.57. The Morgan fingerprint density at radius 2 is 2.00 bits per heavy atom. The van der Waals surface area contributed by atoms with E-state index < -0.39 is 0 Å². The number of rotatable bonds is 1. The van der Waals surface area contributed by atoms with Crippen molar-refractivity contribution in [3.63, 3.8) is 0 Å². The van der Waals surface area contributed by atoms with Crippen molar-refractivity contribution in [1.82, 2.24) is 24.5 Å². The molecule has 1 saturated heterocycles. The molecule has 1 amide bonds. The number of fused-ring (bicyclic) bond motifs is 5. The van der Waals surface area contributed by atoms with E-state index in [1.54, 1.807) is 15.9 Å². The summed E-state index contributed by atoms with van der Waals surface area (Å²) in [6.07, 6.45) is 0.806. The molecule has 0 bridgehead atoms. The van der Waals surface area contributed by atoms with E-state index in [0.717, 1.165) is 54.3 Å². The highest BCUT2D eigenvalue weighted by atomic mass is 32.1. The number of amides is 1. The molecule has 148 valence electrons. The van der Waals surface area contributed by atoms with E-state index in [1.807, 2.05) is 11.8 Å². The van der Waals surface area contributed by atoms with Gasteiger partial charge in [0.15, 0.2) is 5.65 Å². The first-order chi connectivity index (χ1) is 13.3. The number of quaternary nitrogens is 1. The summed E-state index contributed by atoms with van der Waals surface area (Å²) in [4.78, 5) is 27.9. The number of hydrogen-bond donors (Lipinski definition) is 1. The summed E-state index contributed by atoms with van der Waals surface area (Å²) in [5.41, 5.74) is 1.76. The molecule has 0 unspecified atom stereocenters. The predicted molar refractivity (Wildman–Crippen MR) is 106 cm³/mol. The molecule has 0 aromatic carbocycles. The van der Waals surface area contributed by atoms with E-state index in [0.29, 0.717) is 6.61 Å². The number of piperazine rings is 1. The first-order valence-electron chi connectivity index (χ1n) is 9.74. The number of carbonyl (C=O) groups excluding carboxylic acids is 1. The maximum Gasteiger partial charge on any atom is 0.293 e. The zero-order valence-electron chi connectivity index (χ0n) is 16.7. The minimum absolute atomic E-state index is 0.0866. The standard InChI is InChI=1S/C19H24N6O2S/c1-11-20-17-14(12-9-19(2,3)27-10-13(12)28-17)16-21-15(22-25(11)16)18(26)24-7-5-23(4)6-8-24/h5-10H2,1-4H3/p+1. The normalized spacial score (nSPS) is 20.1. The summed E-state index contributed by atoms with van der Waals surface area (Å²) >= 11 is 1.66. The zero-order chi connectivity index (χ0) is 19.6. The van der Waals surface area contributed by atoms with Crippen LogP contribution in [0.25, 0.3) is 15.9 Å². The van der Waals surface area contributed by atoms with Crippen LogP contribution in [0.2, 0.25) is 0 Å². The Morgan fingerprint density at radius 3 is 2.75 bits per heavy atom. The molecule has 1 fully saturated rings. The van der Waals surface area contributed by atoms with Gasteiger partial charge in [-0.25, -0.2) is 9.97 Å². The van der Waals surface area contributed by atoms with Crippen LogP contribution >= 0.6 is 11.3 Å². The molecular formula is C19H25N6O2S+. The molecule has 3 aromatic rings. The molecule has 0 radical (unpaired) electrons. The molecule has 28 heavy (non-hydrogen) atoms. The maximum atomic E-state index is 13.0. The van der Waals surface area contributed by atoms with Gasteiger partial charge in [-0.05, 0) is 26.3 Å². The van der Waals surface area contributed by atoms with Crippen LogP contribution in [0.3, 0.4) is 0 Å². The van der Waals surface area contributed by atoms with Gasteiger partial charge in [-0.3, -0.25) is 4.79 Å². The molecule has 5 rings (SSSR count). The molecule has 0 aliphatic carbocycles. The highest BCUT2D eigenvalue weighted by Crippen LogP contribution is 2.39. The van der Waals surface area contributed by atoms with Crippen LogP contribution in [-0.2, 0) is 17.8 Å².